The van der Waals surface area contributed by atoms with Gasteiger partial charge < -0.3 is 9.84 Å². The molecule has 0 aliphatic carbocycles. The number of carboxylic acid groups (broad SMARTS) is 1. The highest BCUT2D eigenvalue weighted by Gasteiger charge is 2.08. The molecule has 0 amide bonds. The molecular weight excluding hydrogens is 342 g/mol. The average molecular weight is 354 g/mol. The largest absolute Gasteiger partial charge is 0.486 e. The van der Waals surface area contributed by atoms with Gasteiger partial charge in [0, 0.05) is 27.7 Å². The number of nitrogens with zero attached hydrogens (tertiary/aromatic N) is 1. The first kappa shape index (κ1) is 14.7. The fourth-order valence-electron chi connectivity index (χ4n) is 1.70. The van der Waals surface area contributed by atoms with Gasteiger partial charge in [-0.2, -0.15) is 0 Å². The number of aromatic nitrogens is 1. The van der Waals surface area contributed by atoms with Gasteiger partial charge in [-0.05, 0) is 30.7 Å². The Labute approximate surface area is 128 Å². The molecule has 0 radical (unpaired) electrons. The normalized spacial score (nSPS) is 10.9. The van der Waals surface area contributed by atoms with Crippen LogP contribution in [0.5, 0.6) is 5.75 Å². The number of thiazole rings is 1. The monoisotopic (exact) mass is 353 g/mol. The molecule has 0 spiro atoms. The number of rotatable bonds is 5. The van der Waals surface area contributed by atoms with Crippen LogP contribution in [0.4, 0.5) is 0 Å². The predicted molar refractivity (Wildman–Crippen MR) is 82.0 cm³/mol. The molecule has 0 fully saturated rings. The first-order valence-corrected chi connectivity index (χ1v) is 7.46. The van der Waals surface area contributed by atoms with Crippen LogP contribution in [-0.2, 0) is 11.4 Å². The van der Waals surface area contributed by atoms with Crippen LogP contribution in [0.3, 0.4) is 0 Å². The first-order chi connectivity index (χ1) is 9.56. The molecule has 0 atom stereocenters. The summed E-state index contributed by atoms with van der Waals surface area (Å²) in [6.07, 6.45) is 4.35. The minimum Gasteiger partial charge on any atom is -0.486 e. The van der Waals surface area contributed by atoms with Crippen LogP contribution in [0.2, 0.25) is 0 Å². The Morgan fingerprint density at radius 2 is 2.35 bits per heavy atom. The number of halogens is 1. The van der Waals surface area contributed by atoms with Gasteiger partial charge in [-0.1, -0.05) is 15.9 Å². The van der Waals surface area contributed by atoms with E-state index in [9.17, 15) is 4.79 Å². The number of carbonyl (C=O) groups is 1. The minimum atomic E-state index is -0.992. The van der Waals surface area contributed by atoms with Crippen molar-refractivity contribution in [2.24, 2.45) is 0 Å². The molecule has 1 aromatic carbocycles. The van der Waals surface area contributed by atoms with Crippen LogP contribution in [0.1, 0.15) is 16.1 Å². The smallest absolute Gasteiger partial charge is 0.328 e. The zero-order valence-electron chi connectivity index (χ0n) is 10.7. The Morgan fingerprint density at radius 1 is 1.55 bits per heavy atom. The number of aryl methyl sites for hydroxylation is 1. The van der Waals surface area contributed by atoms with Crippen molar-refractivity contribution < 1.29 is 14.6 Å². The zero-order valence-corrected chi connectivity index (χ0v) is 13.1. The molecular formula is C14H12BrNO3S. The second-order valence-electron chi connectivity index (χ2n) is 4.03. The topological polar surface area (TPSA) is 59.4 Å². The van der Waals surface area contributed by atoms with Gasteiger partial charge in [0.05, 0.1) is 0 Å². The molecule has 4 nitrogen and oxygen atoms in total. The van der Waals surface area contributed by atoms with Crippen LogP contribution in [-0.4, -0.2) is 16.1 Å². The van der Waals surface area contributed by atoms with Crippen LogP contribution in [0.25, 0.3) is 6.08 Å². The standard InChI is InChI=1S/C14H12BrNO3S/c1-9-6-11(15)7-10(2-3-13(17)18)14(9)19-8-12-16-4-5-20-12/h2-7H,8H2,1H3,(H,17,18)/b3-2+. The molecule has 0 unspecified atom stereocenters. The Hall–Kier alpha value is -1.66. The van der Waals surface area contributed by atoms with E-state index in [-0.39, 0.29) is 0 Å². The average Bonchev–Trinajstić information content (AvgIpc) is 2.88. The summed E-state index contributed by atoms with van der Waals surface area (Å²) in [4.78, 5) is 14.8. The quantitative estimate of drug-likeness (QED) is 0.828. The van der Waals surface area contributed by atoms with E-state index in [1.54, 1.807) is 6.20 Å². The Bertz CT molecular complexity index is 638. The van der Waals surface area contributed by atoms with Gasteiger partial charge in [0.2, 0.25) is 0 Å². The SMILES string of the molecule is Cc1cc(Br)cc(/C=C/C(=O)O)c1OCc1nccs1. The number of benzene rings is 1. The molecule has 1 heterocycles. The van der Waals surface area contributed by atoms with Crippen LogP contribution in [0, 0.1) is 6.92 Å². The summed E-state index contributed by atoms with van der Waals surface area (Å²) in [5, 5.41) is 11.5. The predicted octanol–water partition coefficient (Wildman–Crippen LogP) is 3.89. The fourth-order valence-corrected chi connectivity index (χ4v) is 2.81. The van der Waals surface area contributed by atoms with Crippen molar-refractivity contribution in [3.05, 3.63) is 50.4 Å². The number of hydrogen-bond donors (Lipinski definition) is 1. The van der Waals surface area contributed by atoms with Gasteiger partial charge in [0.15, 0.2) is 0 Å². The lowest BCUT2D eigenvalue weighted by molar-refractivity contribution is -0.131. The van der Waals surface area contributed by atoms with Crippen molar-refractivity contribution in [3.63, 3.8) is 0 Å². The van der Waals surface area contributed by atoms with Gasteiger partial charge >= 0.3 is 5.97 Å². The molecule has 0 aliphatic heterocycles. The Balaban J connectivity index is 2.27. The maximum atomic E-state index is 10.7. The van der Waals surface area contributed by atoms with Gasteiger partial charge in [-0.3, -0.25) is 0 Å². The van der Waals surface area contributed by atoms with E-state index in [0.29, 0.717) is 12.4 Å². The maximum Gasteiger partial charge on any atom is 0.328 e. The maximum absolute atomic E-state index is 10.7. The van der Waals surface area contributed by atoms with E-state index < -0.39 is 5.97 Å². The molecule has 0 aliphatic rings. The summed E-state index contributed by atoms with van der Waals surface area (Å²) in [5.41, 5.74) is 1.65. The van der Waals surface area contributed by atoms with Gasteiger partial charge in [-0.15, -0.1) is 11.3 Å². The number of hydrogen-bond acceptors (Lipinski definition) is 4. The van der Waals surface area contributed by atoms with E-state index in [1.165, 1.54) is 17.4 Å². The van der Waals surface area contributed by atoms with Crippen molar-refractivity contribution in [3.8, 4) is 5.75 Å². The van der Waals surface area contributed by atoms with Crippen molar-refractivity contribution in [2.45, 2.75) is 13.5 Å². The third kappa shape index (κ3) is 3.91. The van der Waals surface area contributed by atoms with Crippen molar-refractivity contribution in [2.75, 3.05) is 0 Å². The minimum absolute atomic E-state index is 0.369. The lowest BCUT2D eigenvalue weighted by Crippen LogP contribution is -1.99. The van der Waals surface area contributed by atoms with Gasteiger partial charge in [-0.25, -0.2) is 9.78 Å². The van der Waals surface area contributed by atoms with E-state index in [0.717, 1.165) is 26.7 Å². The molecule has 6 heteroatoms. The highest BCUT2D eigenvalue weighted by molar-refractivity contribution is 9.10. The van der Waals surface area contributed by atoms with Crippen molar-refractivity contribution in [1.29, 1.82) is 0 Å². The van der Waals surface area contributed by atoms with Crippen LogP contribution < -0.4 is 4.74 Å². The highest BCUT2D eigenvalue weighted by Crippen LogP contribution is 2.30. The van der Waals surface area contributed by atoms with E-state index in [1.807, 2.05) is 24.4 Å². The third-order valence-corrected chi connectivity index (χ3v) is 3.71. The molecule has 104 valence electrons. The molecule has 20 heavy (non-hydrogen) atoms. The van der Waals surface area contributed by atoms with Crippen molar-refractivity contribution in [1.82, 2.24) is 4.98 Å². The lowest BCUT2D eigenvalue weighted by atomic mass is 10.1. The Morgan fingerprint density at radius 3 is 3.00 bits per heavy atom. The van der Waals surface area contributed by atoms with E-state index in [2.05, 4.69) is 20.9 Å². The Kier molecular flexibility index (Phi) is 4.92. The number of carboxylic acids is 1. The van der Waals surface area contributed by atoms with E-state index in [4.69, 9.17) is 9.84 Å². The lowest BCUT2D eigenvalue weighted by Gasteiger charge is -2.12. The summed E-state index contributed by atoms with van der Waals surface area (Å²) in [6, 6.07) is 3.75. The fraction of sp³-hybridized carbons (Fsp3) is 0.143. The van der Waals surface area contributed by atoms with Crippen molar-refractivity contribution >= 4 is 39.3 Å². The second-order valence-corrected chi connectivity index (χ2v) is 5.92. The van der Waals surface area contributed by atoms with Crippen LogP contribution >= 0.6 is 27.3 Å². The van der Waals surface area contributed by atoms with E-state index >= 15 is 0 Å². The van der Waals surface area contributed by atoms with Gasteiger partial charge in [0.25, 0.3) is 0 Å². The molecule has 2 rings (SSSR count). The molecule has 1 aromatic heterocycles. The summed E-state index contributed by atoms with van der Waals surface area (Å²) >= 11 is 4.91. The highest BCUT2D eigenvalue weighted by atomic mass is 79.9. The second kappa shape index (κ2) is 6.67. The zero-order chi connectivity index (χ0) is 14.5. The van der Waals surface area contributed by atoms with Gasteiger partial charge in [0.1, 0.15) is 17.4 Å². The first-order valence-electron chi connectivity index (χ1n) is 5.78. The molecule has 1 N–H and O–H groups in total. The summed E-state index contributed by atoms with van der Waals surface area (Å²) in [5.74, 6) is -0.325. The summed E-state index contributed by atoms with van der Waals surface area (Å²) < 4.78 is 6.66. The number of aliphatic carboxylic acids is 1. The third-order valence-electron chi connectivity index (χ3n) is 2.50. The number of ether oxygens (including phenoxy) is 1. The molecule has 0 saturated carbocycles. The molecule has 2 aromatic rings. The van der Waals surface area contributed by atoms with Crippen LogP contribution in [0.15, 0.2) is 34.3 Å². The summed E-state index contributed by atoms with van der Waals surface area (Å²) in [7, 11) is 0. The molecule has 0 bridgehead atoms. The molecule has 0 saturated heterocycles. The summed E-state index contributed by atoms with van der Waals surface area (Å²) in [6.45, 7) is 2.29.